The summed E-state index contributed by atoms with van der Waals surface area (Å²) in [6.07, 6.45) is 8.04. The summed E-state index contributed by atoms with van der Waals surface area (Å²) in [4.78, 5) is 12.0. The molecule has 0 saturated carbocycles. The zero-order valence-electron chi connectivity index (χ0n) is 11.7. The van der Waals surface area contributed by atoms with Crippen molar-refractivity contribution in [3.63, 3.8) is 0 Å². The second-order valence-corrected chi connectivity index (χ2v) is 5.83. The molecule has 4 nitrogen and oxygen atoms in total. The Morgan fingerprint density at radius 2 is 2.10 bits per heavy atom. The van der Waals surface area contributed by atoms with E-state index in [1.54, 1.807) is 0 Å². The summed E-state index contributed by atoms with van der Waals surface area (Å²) in [5.74, 6) is 3.26. The van der Waals surface area contributed by atoms with Gasteiger partial charge in [0, 0.05) is 36.7 Å². The van der Waals surface area contributed by atoms with E-state index in [0.717, 1.165) is 35.8 Å². The van der Waals surface area contributed by atoms with Gasteiger partial charge < -0.3 is 10.7 Å². The van der Waals surface area contributed by atoms with E-state index in [1.165, 1.54) is 18.6 Å². The fourth-order valence-corrected chi connectivity index (χ4v) is 2.90. The number of thioether (sulfide) groups is 1. The molecule has 0 bridgehead atoms. The summed E-state index contributed by atoms with van der Waals surface area (Å²) in [6, 6.07) is 6.07. The Labute approximate surface area is 124 Å². The minimum Gasteiger partial charge on any atom is -0.346 e. The van der Waals surface area contributed by atoms with Crippen LogP contribution in [-0.2, 0) is 18.6 Å². The van der Waals surface area contributed by atoms with Crippen LogP contribution in [0.25, 0.3) is 0 Å². The van der Waals surface area contributed by atoms with Gasteiger partial charge >= 0.3 is 0 Å². The van der Waals surface area contributed by atoms with Gasteiger partial charge in [-0.15, -0.1) is 0 Å². The van der Waals surface area contributed by atoms with Gasteiger partial charge in [0.1, 0.15) is 5.82 Å². The molecule has 2 rings (SSSR count). The number of imidazole rings is 1. The average molecular weight is 290 g/mol. The molecule has 20 heavy (non-hydrogen) atoms. The number of pyridine rings is 1. The van der Waals surface area contributed by atoms with Crippen molar-refractivity contribution in [2.24, 2.45) is 5.73 Å². The summed E-state index contributed by atoms with van der Waals surface area (Å²) in [5.41, 5.74) is 7.82. The first-order valence-electron chi connectivity index (χ1n) is 7.09. The molecule has 5 heteroatoms. The average Bonchev–Trinajstić information content (AvgIpc) is 2.92. The molecule has 2 heterocycles. The highest BCUT2D eigenvalue weighted by Crippen LogP contribution is 2.12. The lowest BCUT2D eigenvalue weighted by molar-refractivity contribution is 0.764. The van der Waals surface area contributed by atoms with E-state index in [-0.39, 0.29) is 0 Å². The summed E-state index contributed by atoms with van der Waals surface area (Å²) < 4.78 is 0. The van der Waals surface area contributed by atoms with Crippen LogP contribution in [-0.4, -0.2) is 27.2 Å². The van der Waals surface area contributed by atoms with Crippen molar-refractivity contribution < 1.29 is 0 Å². The molecule has 0 fully saturated rings. The smallest absolute Gasteiger partial charge is 0.106 e. The van der Waals surface area contributed by atoms with Gasteiger partial charge in [0.25, 0.3) is 0 Å². The Kier molecular flexibility index (Phi) is 6.60. The van der Waals surface area contributed by atoms with Crippen LogP contribution in [0.2, 0.25) is 0 Å². The van der Waals surface area contributed by atoms with Crippen LogP contribution in [0.1, 0.15) is 30.1 Å². The fraction of sp³-hybridized carbons (Fsp3) is 0.467. The quantitative estimate of drug-likeness (QED) is 0.697. The minimum atomic E-state index is 0.672. The van der Waals surface area contributed by atoms with Crippen LogP contribution in [0.15, 0.2) is 30.6 Å². The molecule has 2 aromatic rings. The normalized spacial score (nSPS) is 10.8. The van der Waals surface area contributed by atoms with Gasteiger partial charge in [0.2, 0.25) is 0 Å². The summed E-state index contributed by atoms with van der Waals surface area (Å²) in [7, 11) is 0. The number of rotatable bonds is 9. The predicted molar refractivity (Wildman–Crippen MR) is 84.7 cm³/mol. The number of nitrogens with zero attached hydrogens (tertiary/aromatic N) is 2. The van der Waals surface area contributed by atoms with Gasteiger partial charge in [-0.2, -0.15) is 11.8 Å². The number of nitrogens with one attached hydrogen (secondary N) is 1. The third-order valence-corrected chi connectivity index (χ3v) is 4.10. The van der Waals surface area contributed by atoms with Gasteiger partial charge in [0.05, 0.1) is 5.69 Å². The largest absolute Gasteiger partial charge is 0.346 e. The highest BCUT2D eigenvalue weighted by atomic mass is 32.2. The highest BCUT2D eigenvalue weighted by Gasteiger charge is 2.00. The van der Waals surface area contributed by atoms with E-state index in [2.05, 4.69) is 21.0 Å². The standard InChI is InChI=1S/C15H22N4S/c16-8-7-13-11-18-15(19-13)6-2-4-10-20-12-14-5-1-3-9-17-14/h1,3,5,9,11H,2,4,6-8,10,12,16H2,(H,18,19). The molecular formula is C15H22N4S. The Bertz CT molecular complexity index is 484. The van der Waals surface area contributed by atoms with Crippen molar-refractivity contribution >= 4 is 11.8 Å². The monoisotopic (exact) mass is 290 g/mol. The number of hydrogen-bond donors (Lipinski definition) is 2. The van der Waals surface area contributed by atoms with Gasteiger partial charge in [-0.1, -0.05) is 6.07 Å². The van der Waals surface area contributed by atoms with Crippen molar-refractivity contribution in [1.82, 2.24) is 15.0 Å². The zero-order valence-corrected chi connectivity index (χ0v) is 12.5. The molecule has 0 saturated heterocycles. The van der Waals surface area contributed by atoms with Gasteiger partial charge in [-0.05, 0) is 37.3 Å². The first kappa shape index (κ1) is 15.1. The van der Waals surface area contributed by atoms with E-state index in [9.17, 15) is 0 Å². The molecule has 108 valence electrons. The molecule has 0 aliphatic heterocycles. The van der Waals surface area contributed by atoms with Crippen LogP contribution < -0.4 is 5.73 Å². The molecule has 0 unspecified atom stereocenters. The number of nitrogens with two attached hydrogens (primary N) is 1. The Hall–Kier alpha value is -1.33. The number of hydrogen-bond acceptors (Lipinski definition) is 4. The van der Waals surface area contributed by atoms with Crippen molar-refractivity contribution in [3.05, 3.63) is 47.8 Å². The SMILES string of the molecule is NCCc1cnc(CCCCSCc2ccccn2)[nH]1. The molecule has 0 aliphatic rings. The van der Waals surface area contributed by atoms with Crippen LogP contribution in [0.3, 0.4) is 0 Å². The lowest BCUT2D eigenvalue weighted by atomic mass is 10.2. The van der Waals surface area contributed by atoms with Crippen LogP contribution in [0.4, 0.5) is 0 Å². The number of aromatic amines is 1. The van der Waals surface area contributed by atoms with Gasteiger partial charge in [0.15, 0.2) is 0 Å². The van der Waals surface area contributed by atoms with Crippen molar-refractivity contribution in [3.8, 4) is 0 Å². The zero-order chi connectivity index (χ0) is 14.0. The molecule has 0 atom stereocenters. The number of H-pyrrole nitrogens is 1. The Morgan fingerprint density at radius 3 is 2.90 bits per heavy atom. The number of unbranched alkanes of at least 4 members (excludes halogenated alkanes) is 1. The van der Waals surface area contributed by atoms with E-state index in [0.29, 0.717) is 6.54 Å². The third-order valence-electron chi connectivity index (χ3n) is 3.02. The van der Waals surface area contributed by atoms with Gasteiger partial charge in [-0.3, -0.25) is 4.98 Å². The molecule has 0 radical (unpaired) electrons. The maximum atomic E-state index is 5.52. The Balaban J connectivity index is 1.55. The number of aromatic nitrogens is 3. The first-order valence-corrected chi connectivity index (χ1v) is 8.24. The lowest BCUT2D eigenvalue weighted by Crippen LogP contribution is -2.02. The van der Waals surface area contributed by atoms with Crippen molar-refractivity contribution in [1.29, 1.82) is 0 Å². The second kappa shape index (κ2) is 8.76. The molecule has 0 aromatic carbocycles. The number of aryl methyl sites for hydroxylation is 1. The molecule has 0 spiro atoms. The van der Waals surface area contributed by atoms with Gasteiger partial charge in [-0.25, -0.2) is 4.98 Å². The van der Waals surface area contributed by atoms with Crippen molar-refractivity contribution in [2.75, 3.05) is 12.3 Å². The molecule has 2 aromatic heterocycles. The lowest BCUT2D eigenvalue weighted by Gasteiger charge is -2.01. The maximum Gasteiger partial charge on any atom is 0.106 e. The summed E-state index contributed by atoms with van der Waals surface area (Å²) >= 11 is 1.95. The fourth-order valence-electron chi connectivity index (χ4n) is 1.97. The molecule has 0 aliphatic carbocycles. The maximum absolute atomic E-state index is 5.52. The first-order chi connectivity index (χ1) is 9.88. The molecule has 0 amide bonds. The molecular weight excluding hydrogens is 268 g/mol. The Morgan fingerprint density at radius 1 is 1.15 bits per heavy atom. The highest BCUT2D eigenvalue weighted by molar-refractivity contribution is 7.98. The van der Waals surface area contributed by atoms with Crippen molar-refractivity contribution in [2.45, 2.75) is 31.4 Å². The van der Waals surface area contributed by atoms with Crippen LogP contribution in [0.5, 0.6) is 0 Å². The predicted octanol–water partition coefficient (Wildman–Crippen LogP) is 2.56. The van der Waals surface area contributed by atoms with E-state index in [4.69, 9.17) is 5.73 Å². The van der Waals surface area contributed by atoms with E-state index >= 15 is 0 Å². The summed E-state index contributed by atoms with van der Waals surface area (Å²) in [6.45, 7) is 0.672. The van der Waals surface area contributed by atoms with E-state index < -0.39 is 0 Å². The van der Waals surface area contributed by atoms with Crippen LogP contribution in [0, 0.1) is 0 Å². The molecule has 3 N–H and O–H groups in total. The minimum absolute atomic E-state index is 0.672. The second-order valence-electron chi connectivity index (χ2n) is 4.72. The topological polar surface area (TPSA) is 67.6 Å². The van der Waals surface area contributed by atoms with Crippen LogP contribution >= 0.6 is 11.8 Å². The summed E-state index contributed by atoms with van der Waals surface area (Å²) in [5, 5.41) is 0. The van der Waals surface area contributed by atoms with E-state index in [1.807, 2.05) is 36.3 Å². The third kappa shape index (κ3) is 5.35.